The van der Waals surface area contributed by atoms with Crippen LogP contribution in [0.5, 0.6) is 0 Å². The highest BCUT2D eigenvalue weighted by Gasteiger charge is 2.13. The van der Waals surface area contributed by atoms with Gasteiger partial charge in [0, 0.05) is 11.5 Å². The highest BCUT2D eigenvalue weighted by molar-refractivity contribution is 6.33. The van der Waals surface area contributed by atoms with Crippen LogP contribution in [0.25, 0.3) is 10.9 Å². The Morgan fingerprint density at radius 3 is 2.62 bits per heavy atom. The summed E-state index contributed by atoms with van der Waals surface area (Å²) in [4.78, 5) is 8.11. The number of nitrogen functional groups attached to an aromatic ring is 1. The van der Waals surface area contributed by atoms with Crippen molar-refractivity contribution in [3.8, 4) is 0 Å². The molecule has 0 saturated carbocycles. The monoisotopic (exact) mass is 306 g/mol. The molecule has 0 fully saturated rings. The Morgan fingerprint density at radius 1 is 1.10 bits per heavy atom. The van der Waals surface area contributed by atoms with Gasteiger partial charge in [-0.05, 0) is 18.2 Å². The van der Waals surface area contributed by atoms with E-state index < -0.39 is 11.6 Å². The number of para-hydroxylation sites is 1. The molecule has 3 aromatic rings. The van der Waals surface area contributed by atoms with Crippen molar-refractivity contribution in [2.45, 2.75) is 0 Å². The van der Waals surface area contributed by atoms with Crippen molar-refractivity contribution in [3.05, 3.63) is 53.1 Å². The summed E-state index contributed by atoms with van der Waals surface area (Å²) in [6.45, 7) is 0. The van der Waals surface area contributed by atoms with Gasteiger partial charge in [-0.2, -0.15) is 4.98 Å². The summed E-state index contributed by atoms with van der Waals surface area (Å²) in [5.41, 5.74) is 6.16. The lowest BCUT2D eigenvalue weighted by molar-refractivity contribution is 0.586. The van der Waals surface area contributed by atoms with Crippen LogP contribution in [-0.4, -0.2) is 9.97 Å². The first-order chi connectivity index (χ1) is 10.0. The van der Waals surface area contributed by atoms with Crippen LogP contribution < -0.4 is 11.1 Å². The molecule has 4 nitrogen and oxygen atoms in total. The molecule has 1 aromatic heterocycles. The Kier molecular flexibility index (Phi) is 3.31. The van der Waals surface area contributed by atoms with Crippen molar-refractivity contribution in [1.29, 1.82) is 0 Å². The predicted molar refractivity (Wildman–Crippen MR) is 78.6 cm³/mol. The zero-order chi connectivity index (χ0) is 15.0. The van der Waals surface area contributed by atoms with E-state index in [9.17, 15) is 8.78 Å². The lowest BCUT2D eigenvalue weighted by Crippen LogP contribution is -2.03. The zero-order valence-electron chi connectivity index (χ0n) is 10.6. The number of hydrogen-bond donors (Lipinski definition) is 2. The average molecular weight is 307 g/mol. The number of halogens is 3. The highest BCUT2D eigenvalue weighted by atomic mass is 35.5. The quantitative estimate of drug-likeness (QED) is 0.754. The van der Waals surface area contributed by atoms with Crippen LogP contribution >= 0.6 is 11.6 Å². The van der Waals surface area contributed by atoms with E-state index in [1.165, 1.54) is 0 Å². The van der Waals surface area contributed by atoms with E-state index in [1.807, 2.05) is 0 Å². The number of nitrogens with one attached hydrogen (secondary N) is 1. The van der Waals surface area contributed by atoms with Crippen molar-refractivity contribution < 1.29 is 8.78 Å². The number of aromatic nitrogens is 2. The first-order valence-electron chi connectivity index (χ1n) is 5.98. The van der Waals surface area contributed by atoms with Gasteiger partial charge in [0.15, 0.2) is 5.82 Å². The van der Waals surface area contributed by atoms with Crippen molar-refractivity contribution >= 4 is 40.0 Å². The first-order valence-corrected chi connectivity index (χ1v) is 6.36. The number of nitrogens with two attached hydrogens (primary N) is 1. The SMILES string of the molecule is Nc1nc(Nc2c(F)cc(F)cc2Cl)c2ccccc2n1. The minimum absolute atomic E-state index is 0.0369. The van der Waals surface area contributed by atoms with Crippen LogP contribution in [0.2, 0.25) is 5.02 Å². The third-order valence-electron chi connectivity index (χ3n) is 2.87. The van der Waals surface area contributed by atoms with Crippen LogP contribution in [-0.2, 0) is 0 Å². The maximum Gasteiger partial charge on any atom is 0.222 e. The summed E-state index contributed by atoms with van der Waals surface area (Å²) in [5.74, 6) is -1.24. The van der Waals surface area contributed by atoms with E-state index >= 15 is 0 Å². The second-order valence-electron chi connectivity index (χ2n) is 4.32. The lowest BCUT2D eigenvalue weighted by Gasteiger charge is -2.11. The van der Waals surface area contributed by atoms with Gasteiger partial charge in [0.05, 0.1) is 16.2 Å². The summed E-state index contributed by atoms with van der Waals surface area (Å²) >= 11 is 5.86. The molecule has 1 heterocycles. The topological polar surface area (TPSA) is 63.8 Å². The standard InChI is InChI=1S/C14H9ClF2N4/c15-9-5-7(16)6-10(17)12(9)20-13-8-3-1-2-4-11(8)19-14(18)21-13/h1-6H,(H3,18,19,20,21). The normalized spacial score (nSPS) is 10.8. The Labute approximate surface area is 123 Å². The highest BCUT2D eigenvalue weighted by Crippen LogP contribution is 2.31. The minimum atomic E-state index is -0.818. The molecule has 0 aliphatic rings. The van der Waals surface area contributed by atoms with Gasteiger partial charge < -0.3 is 11.1 Å². The van der Waals surface area contributed by atoms with E-state index in [2.05, 4.69) is 15.3 Å². The van der Waals surface area contributed by atoms with Gasteiger partial charge in [0.25, 0.3) is 0 Å². The third kappa shape index (κ3) is 2.57. The Morgan fingerprint density at radius 2 is 1.86 bits per heavy atom. The number of fused-ring (bicyclic) bond motifs is 1. The second kappa shape index (κ2) is 5.14. The third-order valence-corrected chi connectivity index (χ3v) is 3.17. The molecule has 0 radical (unpaired) electrons. The summed E-state index contributed by atoms with van der Waals surface area (Å²) in [7, 11) is 0. The van der Waals surface area contributed by atoms with Gasteiger partial charge in [-0.15, -0.1) is 0 Å². The van der Waals surface area contributed by atoms with E-state index in [1.54, 1.807) is 24.3 Å². The molecule has 0 spiro atoms. The number of benzene rings is 2. The summed E-state index contributed by atoms with van der Waals surface area (Å²) < 4.78 is 26.9. The number of anilines is 3. The van der Waals surface area contributed by atoms with E-state index in [-0.39, 0.29) is 16.7 Å². The summed E-state index contributed by atoms with van der Waals surface area (Å²) in [5, 5.41) is 3.30. The van der Waals surface area contributed by atoms with Gasteiger partial charge in [0.2, 0.25) is 5.95 Å². The van der Waals surface area contributed by atoms with Crippen molar-refractivity contribution in [3.63, 3.8) is 0 Å². The van der Waals surface area contributed by atoms with E-state index in [0.717, 1.165) is 12.1 Å². The van der Waals surface area contributed by atoms with Crippen molar-refractivity contribution in [1.82, 2.24) is 9.97 Å². The fourth-order valence-corrected chi connectivity index (χ4v) is 2.21. The molecule has 0 saturated heterocycles. The van der Waals surface area contributed by atoms with Gasteiger partial charge in [-0.3, -0.25) is 0 Å². The van der Waals surface area contributed by atoms with Gasteiger partial charge >= 0.3 is 0 Å². The molecule has 3 rings (SSSR count). The number of hydrogen-bond acceptors (Lipinski definition) is 4. The molecule has 3 N–H and O–H groups in total. The lowest BCUT2D eigenvalue weighted by atomic mass is 10.2. The first kappa shape index (κ1) is 13.5. The van der Waals surface area contributed by atoms with Crippen LogP contribution in [0.3, 0.4) is 0 Å². The zero-order valence-corrected chi connectivity index (χ0v) is 11.3. The molecule has 7 heteroatoms. The molecular weight excluding hydrogens is 298 g/mol. The van der Waals surface area contributed by atoms with Gasteiger partial charge in [0.1, 0.15) is 11.6 Å². The molecule has 0 bridgehead atoms. The molecule has 0 atom stereocenters. The van der Waals surface area contributed by atoms with E-state index in [4.69, 9.17) is 17.3 Å². The van der Waals surface area contributed by atoms with E-state index in [0.29, 0.717) is 16.7 Å². The Balaban J connectivity index is 2.15. The summed E-state index contributed by atoms with van der Waals surface area (Å²) in [6.07, 6.45) is 0. The van der Waals surface area contributed by atoms with Crippen molar-refractivity contribution in [2.24, 2.45) is 0 Å². The molecule has 0 aliphatic heterocycles. The smallest absolute Gasteiger partial charge is 0.222 e. The van der Waals surface area contributed by atoms with Crippen molar-refractivity contribution in [2.75, 3.05) is 11.1 Å². The number of nitrogens with zero attached hydrogens (tertiary/aromatic N) is 2. The minimum Gasteiger partial charge on any atom is -0.368 e. The second-order valence-corrected chi connectivity index (χ2v) is 4.72. The largest absolute Gasteiger partial charge is 0.368 e. The molecule has 0 aliphatic carbocycles. The number of rotatable bonds is 2. The predicted octanol–water partition coefficient (Wildman–Crippen LogP) is 3.89. The molecule has 21 heavy (non-hydrogen) atoms. The fraction of sp³-hybridized carbons (Fsp3) is 0. The maximum atomic E-state index is 13.8. The van der Waals surface area contributed by atoms with Crippen LogP contribution in [0.4, 0.5) is 26.2 Å². The Bertz CT molecular complexity index is 815. The molecule has 0 unspecified atom stereocenters. The molecule has 0 amide bonds. The summed E-state index contributed by atoms with van der Waals surface area (Å²) in [6, 6.07) is 8.84. The molecule has 2 aromatic carbocycles. The Hall–Kier alpha value is -2.47. The maximum absolute atomic E-state index is 13.8. The molecule has 106 valence electrons. The van der Waals surface area contributed by atoms with Crippen LogP contribution in [0.15, 0.2) is 36.4 Å². The van der Waals surface area contributed by atoms with Crippen LogP contribution in [0.1, 0.15) is 0 Å². The van der Waals surface area contributed by atoms with Gasteiger partial charge in [-0.25, -0.2) is 13.8 Å². The average Bonchev–Trinajstić information content (AvgIpc) is 2.42. The fourth-order valence-electron chi connectivity index (χ4n) is 1.97. The van der Waals surface area contributed by atoms with Gasteiger partial charge in [-0.1, -0.05) is 23.7 Å². The molecular formula is C14H9ClF2N4. The van der Waals surface area contributed by atoms with Crippen LogP contribution in [0, 0.1) is 11.6 Å².